The number of halogens is 2. The second-order valence-corrected chi connectivity index (χ2v) is 4.72. The van der Waals surface area contributed by atoms with Crippen molar-refractivity contribution in [1.29, 1.82) is 0 Å². The van der Waals surface area contributed by atoms with Crippen LogP contribution in [0.25, 0.3) is 0 Å². The Morgan fingerprint density at radius 2 is 2.00 bits per heavy atom. The third kappa shape index (κ3) is 5.27. The lowest BCUT2D eigenvalue weighted by molar-refractivity contribution is -0.138. The van der Waals surface area contributed by atoms with Gasteiger partial charge in [-0.05, 0) is 24.1 Å². The quantitative estimate of drug-likeness (QED) is 0.720. The van der Waals surface area contributed by atoms with Crippen molar-refractivity contribution < 1.29 is 11.3 Å². The van der Waals surface area contributed by atoms with E-state index < -0.39 is 18.5 Å². The molecule has 0 aliphatic heterocycles. The molecular weight excluding hydrogens is 287 g/mol. The molecule has 0 fully saturated rings. The van der Waals surface area contributed by atoms with Crippen LogP contribution in [0.1, 0.15) is 6.93 Å². The van der Waals surface area contributed by atoms with Crippen LogP contribution in [0.4, 0.5) is 5.69 Å². The first-order chi connectivity index (χ1) is 9.49. The molecule has 0 amide bonds. The highest BCUT2D eigenvalue weighted by Crippen LogP contribution is 2.16. The molecule has 0 saturated heterocycles. The van der Waals surface area contributed by atoms with E-state index in [1.807, 2.05) is 12.1 Å². The van der Waals surface area contributed by atoms with Gasteiger partial charge < -0.3 is 15.7 Å². The fourth-order valence-electron chi connectivity index (χ4n) is 1.66. The van der Waals surface area contributed by atoms with Crippen molar-refractivity contribution in [3.63, 3.8) is 0 Å². The first kappa shape index (κ1) is 14.4. The number of alkyl halides is 2. The van der Waals surface area contributed by atoms with Gasteiger partial charge in [0.05, 0.1) is 1.37 Å². The number of hydrogen-bond donors (Lipinski definition) is 2. The molecule has 1 aromatic carbocycles. The number of aliphatic carboxylic acids is 1. The summed E-state index contributed by atoms with van der Waals surface area (Å²) in [6.45, 7) is -0.0429. The van der Waals surface area contributed by atoms with Crippen molar-refractivity contribution >= 4 is 34.9 Å². The highest BCUT2D eigenvalue weighted by atomic mass is 35.5. The summed E-state index contributed by atoms with van der Waals surface area (Å²) in [5.74, 6) is -0.438. The second-order valence-electron chi connectivity index (χ2n) is 4.03. The first-order valence-corrected chi connectivity index (χ1v) is 6.94. The molecule has 106 valence electrons. The summed E-state index contributed by atoms with van der Waals surface area (Å²) in [4.78, 5) is 12.5. The molecule has 0 heterocycles. The number of nitrogens with two attached hydrogens (primary N) is 1. The number of hydrogen-bond acceptors (Lipinski definition) is 3. The van der Waals surface area contributed by atoms with Gasteiger partial charge in [0.25, 0.3) is 0 Å². The van der Waals surface area contributed by atoms with Crippen molar-refractivity contribution in [3.05, 3.63) is 29.8 Å². The fourth-order valence-corrected chi connectivity index (χ4v) is 2.01. The van der Waals surface area contributed by atoms with Gasteiger partial charge in [-0.25, -0.2) is 0 Å². The van der Waals surface area contributed by atoms with Crippen LogP contribution in [-0.4, -0.2) is 41.9 Å². The molecule has 6 heteroatoms. The molecule has 0 bridgehead atoms. The van der Waals surface area contributed by atoms with Crippen molar-refractivity contribution in [3.8, 4) is 0 Å². The van der Waals surface area contributed by atoms with Gasteiger partial charge in [-0.2, -0.15) is 0 Å². The van der Waals surface area contributed by atoms with E-state index >= 15 is 0 Å². The van der Waals surface area contributed by atoms with Gasteiger partial charge in [0.15, 0.2) is 0 Å². The van der Waals surface area contributed by atoms with Crippen LogP contribution >= 0.6 is 23.2 Å². The Bertz CT molecular complexity index is 431. The summed E-state index contributed by atoms with van der Waals surface area (Å²) < 4.78 is 7.88. The predicted molar refractivity (Wildman–Crippen MR) is 79.4 cm³/mol. The lowest BCUT2D eigenvalue weighted by atomic mass is 10.1. The number of benzene rings is 1. The Hall–Kier alpha value is -0.970. The highest BCUT2D eigenvalue weighted by Gasteiger charge is 2.12. The second kappa shape index (κ2) is 8.25. The van der Waals surface area contributed by atoms with Crippen molar-refractivity contribution in [1.82, 2.24) is 0 Å². The SMILES string of the molecule is [2H]C(CCl)N(CCCl)c1ccc(C[C@H](N)C(=O)O)cc1. The molecule has 1 aromatic rings. The molecule has 0 spiro atoms. The molecule has 3 N–H and O–H groups in total. The average molecular weight is 306 g/mol. The van der Waals surface area contributed by atoms with Crippen molar-refractivity contribution in [2.24, 2.45) is 5.73 Å². The highest BCUT2D eigenvalue weighted by molar-refractivity contribution is 6.18. The van der Waals surface area contributed by atoms with Crippen LogP contribution in [0.3, 0.4) is 0 Å². The number of carboxylic acids is 1. The minimum atomic E-state index is -1.02. The summed E-state index contributed by atoms with van der Waals surface area (Å²) in [5.41, 5.74) is 7.16. The molecule has 2 atom stereocenters. The van der Waals surface area contributed by atoms with Gasteiger partial charge in [0.2, 0.25) is 0 Å². The number of nitrogens with zero attached hydrogens (tertiary/aromatic N) is 1. The number of rotatable bonds is 8. The van der Waals surface area contributed by atoms with Gasteiger partial charge in [-0.15, -0.1) is 23.2 Å². The van der Waals surface area contributed by atoms with E-state index in [9.17, 15) is 4.79 Å². The average Bonchev–Trinajstić information content (AvgIpc) is 2.45. The zero-order chi connectivity index (χ0) is 15.1. The Labute approximate surface area is 124 Å². The smallest absolute Gasteiger partial charge is 0.320 e. The first-order valence-electron chi connectivity index (χ1n) is 6.45. The van der Waals surface area contributed by atoms with Crippen LogP contribution in [-0.2, 0) is 11.2 Å². The van der Waals surface area contributed by atoms with Crippen molar-refractivity contribution in [2.45, 2.75) is 12.5 Å². The zero-order valence-electron chi connectivity index (χ0n) is 11.4. The minimum absolute atomic E-state index is 0.183. The Morgan fingerprint density at radius 3 is 2.47 bits per heavy atom. The molecule has 19 heavy (non-hydrogen) atoms. The molecule has 0 aliphatic carbocycles. The van der Waals surface area contributed by atoms with E-state index in [0.717, 1.165) is 11.3 Å². The van der Waals surface area contributed by atoms with Crippen LogP contribution in [0.15, 0.2) is 24.3 Å². The van der Waals surface area contributed by atoms with Gasteiger partial charge in [0.1, 0.15) is 6.04 Å². The molecular formula is C13H18Cl2N2O2. The predicted octanol–water partition coefficient (Wildman–Crippen LogP) is 1.92. The van der Waals surface area contributed by atoms with Gasteiger partial charge in [0, 0.05) is 30.5 Å². The fraction of sp³-hybridized carbons (Fsp3) is 0.462. The van der Waals surface area contributed by atoms with Crippen LogP contribution in [0.5, 0.6) is 0 Å². The van der Waals surface area contributed by atoms with E-state index in [0.29, 0.717) is 12.4 Å². The van der Waals surface area contributed by atoms with Gasteiger partial charge in [-0.1, -0.05) is 12.1 Å². The monoisotopic (exact) mass is 305 g/mol. The van der Waals surface area contributed by atoms with E-state index in [2.05, 4.69) is 0 Å². The normalized spacial score (nSPS) is 14.6. The number of anilines is 1. The maximum absolute atomic E-state index is 10.7. The van der Waals surface area contributed by atoms with Gasteiger partial charge >= 0.3 is 5.97 Å². The maximum atomic E-state index is 10.7. The van der Waals surface area contributed by atoms with Crippen LogP contribution in [0, 0.1) is 0 Å². The summed E-state index contributed by atoms with van der Waals surface area (Å²) in [6.07, 6.45) is 0.269. The molecule has 0 aromatic heterocycles. The molecule has 1 rings (SSSR count). The summed E-state index contributed by atoms with van der Waals surface area (Å²) in [7, 11) is 0. The van der Waals surface area contributed by atoms with Gasteiger partial charge in [-0.3, -0.25) is 4.79 Å². The van der Waals surface area contributed by atoms with E-state index in [1.54, 1.807) is 17.0 Å². The molecule has 4 nitrogen and oxygen atoms in total. The zero-order valence-corrected chi connectivity index (χ0v) is 11.9. The number of carboxylic acid groups (broad SMARTS) is 1. The lowest BCUT2D eigenvalue weighted by Crippen LogP contribution is -2.32. The van der Waals surface area contributed by atoms with Crippen LogP contribution < -0.4 is 10.6 Å². The number of carbonyl (C=O) groups is 1. The maximum Gasteiger partial charge on any atom is 0.320 e. The molecule has 0 aliphatic rings. The van der Waals surface area contributed by atoms with E-state index in [1.165, 1.54) is 0 Å². The topological polar surface area (TPSA) is 66.6 Å². The molecule has 1 unspecified atom stereocenters. The summed E-state index contributed by atoms with van der Waals surface area (Å²) in [6, 6.07) is 6.35. The minimum Gasteiger partial charge on any atom is -0.480 e. The van der Waals surface area contributed by atoms with E-state index in [4.69, 9.17) is 35.4 Å². The van der Waals surface area contributed by atoms with E-state index in [-0.39, 0.29) is 12.3 Å². The Balaban J connectivity index is 2.80. The lowest BCUT2D eigenvalue weighted by Gasteiger charge is -2.23. The largest absolute Gasteiger partial charge is 0.480 e. The standard InChI is InChI=1S/C13H18Cl2N2O2/c14-5-7-17(8-6-15)11-3-1-10(2-4-11)9-12(16)13(18)19/h1-4,12H,5-9,16H2,(H,18,19)/t12-/m0/s1/i7D/t7?,12-. The molecule has 0 saturated carbocycles. The summed E-state index contributed by atoms with van der Waals surface area (Å²) in [5, 5.41) is 8.77. The van der Waals surface area contributed by atoms with Crippen molar-refractivity contribution in [2.75, 3.05) is 29.7 Å². The third-order valence-corrected chi connectivity index (χ3v) is 2.96. The van der Waals surface area contributed by atoms with Crippen LogP contribution in [0.2, 0.25) is 0 Å². The molecule has 0 radical (unpaired) electrons. The third-order valence-electron chi connectivity index (χ3n) is 2.66. The Morgan fingerprint density at radius 1 is 1.37 bits per heavy atom. The Kier molecular flexibility index (Phi) is 6.27. The summed E-state index contributed by atoms with van der Waals surface area (Å²) >= 11 is 11.4.